The van der Waals surface area contributed by atoms with Gasteiger partial charge < -0.3 is 18.9 Å². The number of ether oxygens (including phenoxy) is 4. The molecule has 0 aromatic heterocycles. The molecule has 1 aliphatic heterocycles. The number of hydrogen-bond acceptors (Lipinski definition) is 6. The Hall–Kier alpha value is -2.80. The fourth-order valence-electron chi connectivity index (χ4n) is 3.27. The van der Waals surface area contributed by atoms with E-state index in [0.717, 1.165) is 16.7 Å². The van der Waals surface area contributed by atoms with E-state index in [0.29, 0.717) is 30.3 Å². The van der Waals surface area contributed by atoms with Crippen LogP contribution in [0.15, 0.2) is 53.6 Å². The molecule has 1 aliphatic rings. The number of methoxy groups -OCH3 is 4. The zero-order valence-corrected chi connectivity index (χ0v) is 17.3. The highest BCUT2D eigenvalue weighted by atomic mass is 16.8. The van der Waals surface area contributed by atoms with Crippen molar-refractivity contribution >= 4 is 12.2 Å². The summed E-state index contributed by atoms with van der Waals surface area (Å²) in [5.41, 5.74) is 4.44. The smallest absolute Gasteiger partial charge is 0.203 e. The monoisotopic (exact) mass is 397 g/mol. The second-order valence-electron chi connectivity index (χ2n) is 6.54. The zero-order valence-electron chi connectivity index (χ0n) is 17.3. The fourth-order valence-corrected chi connectivity index (χ4v) is 3.27. The molecule has 6 heteroatoms. The maximum atomic E-state index is 5.67. The molecule has 0 spiro atoms. The molecule has 2 aromatic rings. The first-order chi connectivity index (χ1) is 14.2. The van der Waals surface area contributed by atoms with Gasteiger partial charge in [0, 0.05) is 20.2 Å². The van der Waals surface area contributed by atoms with Crippen molar-refractivity contribution in [3.63, 3.8) is 0 Å². The zero-order chi connectivity index (χ0) is 20.6. The average molecular weight is 397 g/mol. The average Bonchev–Trinajstić information content (AvgIpc) is 3.13. The first-order valence-electron chi connectivity index (χ1n) is 9.31. The van der Waals surface area contributed by atoms with Crippen LogP contribution in [-0.2, 0) is 9.57 Å². The van der Waals surface area contributed by atoms with Crippen LogP contribution in [0.2, 0.25) is 0 Å². The van der Waals surface area contributed by atoms with E-state index in [-0.39, 0.29) is 6.79 Å². The normalized spacial score (nSPS) is 17.1. The van der Waals surface area contributed by atoms with Gasteiger partial charge in [-0.2, -0.15) is 5.06 Å². The predicted molar refractivity (Wildman–Crippen MR) is 113 cm³/mol. The molecular formula is C23H27NO5. The number of hydrogen-bond donors (Lipinski definition) is 0. The van der Waals surface area contributed by atoms with E-state index in [1.165, 1.54) is 5.57 Å². The van der Waals surface area contributed by atoms with Crippen LogP contribution in [0, 0.1) is 0 Å². The molecule has 0 unspecified atom stereocenters. The molecule has 0 aliphatic carbocycles. The molecule has 0 amide bonds. The lowest BCUT2D eigenvalue weighted by Crippen LogP contribution is -2.21. The Morgan fingerprint density at radius 2 is 1.38 bits per heavy atom. The molecule has 0 bridgehead atoms. The number of hydroxylamine groups is 2. The lowest BCUT2D eigenvalue weighted by molar-refractivity contribution is -0.202. The highest BCUT2D eigenvalue weighted by molar-refractivity contribution is 5.71. The van der Waals surface area contributed by atoms with Crippen molar-refractivity contribution in [3.05, 3.63) is 64.7 Å². The Morgan fingerprint density at radius 1 is 0.793 bits per heavy atom. The van der Waals surface area contributed by atoms with E-state index in [2.05, 4.69) is 24.3 Å². The molecule has 2 aromatic carbocycles. The summed E-state index contributed by atoms with van der Waals surface area (Å²) in [6.45, 7) is 1.54. The molecule has 0 saturated carbocycles. The first-order valence-corrected chi connectivity index (χ1v) is 9.31. The van der Waals surface area contributed by atoms with Gasteiger partial charge in [0.25, 0.3) is 0 Å². The number of rotatable bonds is 8. The Labute approximate surface area is 171 Å². The van der Waals surface area contributed by atoms with Crippen molar-refractivity contribution < 1.29 is 23.8 Å². The van der Waals surface area contributed by atoms with Crippen molar-refractivity contribution in [3.8, 4) is 17.2 Å². The van der Waals surface area contributed by atoms with Crippen LogP contribution in [0.5, 0.6) is 17.2 Å². The molecule has 0 radical (unpaired) electrons. The molecule has 6 nitrogen and oxygen atoms in total. The van der Waals surface area contributed by atoms with Crippen molar-refractivity contribution in [2.75, 3.05) is 48.3 Å². The topological polar surface area (TPSA) is 49.4 Å². The van der Waals surface area contributed by atoms with E-state index in [9.17, 15) is 0 Å². The largest absolute Gasteiger partial charge is 0.493 e. The fraction of sp³-hybridized carbons (Fsp3) is 0.304. The van der Waals surface area contributed by atoms with E-state index in [1.54, 1.807) is 28.4 Å². The Balaban J connectivity index is 1.98. The van der Waals surface area contributed by atoms with Crippen molar-refractivity contribution in [1.82, 2.24) is 5.06 Å². The van der Waals surface area contributed by atoms with Crippen LogP contribution < -0.4 is 14.2 Å². The Kier molecular flexibility index (Phi) is 7.30. The van der Waals surface area contributed by atoms with Crippen LogP contribution in [0.25, 0.3) is 12.2 Å². The van der Waals surface area contributed by atoms with Gasteiger partial charge in [-0.1, -0.05) is 36.4 Å². The van der Waals surface area contributed by atoms with Crippen LogP contribution in [0.4, 0.5) is 0 Å². The molecule has 29 heavy (non-hydrogen) atoms. The minimum atomic E-state index is 0.218. The summed E-state index contributed by atoms with van der Waals surface area (Å²) in [5, 5.41) is 1.89. The molecule has 1 fully saturated rings. The summed E-state index contributed by atoms with van der Waals surface area (Å²) < 4.78 is 21.4. The highest BCUT2D eigenvalue weighted by Gasteiger charge is 2.23. The second kappa shape index (κ2) is 10.1. The summed E-state index contributed by atoms with van der Waals surface area (Å²) in [5.74, 6) is 1.82. The third kappa shape index (κ3) is 5.17. The maximum Gasteiger partial charge on any atom is 0.203 e. The Morgan fingerprint density at radius 3 is 1.90 bits per heavy atom. The molecule has 1 saturated heterocycles. The van der Waals surface area contributed by atoms with Crippen molar-refractivity contribution in [2.45, 2.75) is 0 Å². The first kappa shape index (κ1) is 20.9. The van der Waals surface area contributed by atoms with Crippen LogP contribution in [0.3, 0.4) is 0 Å². The standard InChI is InChI=1S/C23H27NO5/c1-25-16-29-24-14-19(10-17-8-6-5-7-9-17)20(15-24)11-18-12-21(26-2)23(28-4)22(13-18)27-3/h5-13H,14-16H2,1-4H3. The van der Waals surface area contributed by atoms with Gasteiger partial charge in [-0.25, -0.2) is 0 Å². The van der Waals surface area contributed by atoms with Gasteiger partial charge in [-0.05, 0) is 40.5 Å². The number of benzene rings is 2. The minimum Gasteiger partial charge on any atom is -0.493 e. The predicted octanol–water partition coefficient (Wildman–Crippen LogP) is 4.03. The molecule has 1 heterocycles. The quantitative estimate of drug-likeness (QED) is 0.627. The van der Waals surface area contributed by atoms with Gasteiger partial charge in [0.05, 0.1) is 21.3 Å². The van der Waals surface area contributed by atoms with Gasteiger partial charge in [-0.15, -0.1) is 0 Å². The van der Waals surface area contributed by atoms with E-state index in [4.69, 9.17) is 23.8 Å². The molecule has 3 rings (SSSR count). The summed E-state index contributed by atoms with van der Waals surface area (Å²) >= 11 is 0. The third-order valence-electron chi connectivity index (χ3n) is 4.63. The van der Waals surface area contributed by atoms with Gasteiger partial charge in [0.2, 0.25) is 5.75 Å². The summed E-state index contributed by atoms with van der Waals surface area (Å²) in [6.07, 6.45) is 4.30. The van der Waals surface area contributed by atoms with E-state index < -0.39 is 0 Å². The summed E-state index contributed by atoms with van der Waals surface area (Å²) in [4.78, 5) is 5.67. The van der Waals surface area contributed by atoms with E-state index >= 15 is 0 Å². The SMILES string of the molecule is COCON1CC(=Cc2ccccc2)C(=Cc2cc(OC)c(OC)c(OC)c2)C1. The van der Waals surface area contributed by atoms with Crippen molar-refractivity contribution in [2.24, 2.45) is 0 Å². The van der Waals surface area contributed by atoms with Gasteiger partial charge >= 0.3 is 0 Å². The molecule has 0 N–H and O–H groups in total. The minimum absolute atomic E-state index is 0.218. The Bertz CT molecular complexity index is 851. The third-order valence-corrected chi connectivity index (χ3v) is 4.63. The van der Waals surface area contributed by atoms with Gasteiger partial charge in [-0.3, -0.25) is 4.84 Å². The lowest BCUT2D eigenvalue weighted by atomic mass is 10.0. The van der Waals surface area contributed by atoms with Gasteiger partial charge in [0.15, 0.2) is 18.3 Å². The van der Waals surface area contributed by atoms with Crippen molar-refractivity contribution in [1.29, 1.82) is 0 Å². The second-order valence-corrected chi connectivity index (χ2v) is 6.54. The maximum absolute atomic E-state index is 5.67. The summed E-state index contributed by atoms with van der Waals surface area (Å²) in [6, 6.07) is 14.1. The molecule has 0 atom stereocenters. The van der Waals surface area contributed by atoms with Gasteiger partial charge in [0.1, 0.15) is 0 Å². The lowest BCUT2D eigenvalue weighted by Gasteiger charge is -2.13. The van der Waals surface area contributed by atoms with Crippen LogP contribution in [0.1, 0.15) is 11.1 Å². The van der Waals surface area contributed by atoms with Crippen LogP contribution in [-0.4, -0.2) is 53.4 Å². The van der Waals surface area contributed by atoms with E-state index in [1.807, 2.05) is 35.4 Å². The number of nitrogens with zero attached hydrogens (tertiary/aromatic N) is 1. The summed E-state index contributed by atoms with van der Waals surface area (Å²) in [7, 11) is 6.44. The van der Waals surface area contributed by atoms with Crippen LogP contribution >= 0.6 is 0 Å². The molecule has 154 valence electrons. The highest BCUT2D eigenvalue weighted by Crippen LogP contribution is 2.39. The molecular weight excluding hydrogens is 370 g/mol.